The van der Waals surface area contributed by atoms with E-state index in [-0.39, 0.29) is 11.4 Å². The molecule has 0 bridgehead atoms. The van der Waals surface area contributed by atoms with Crippen molar-refractivity contribution in [1.29, 1.82) is 0 Å². The average Bonchev–Trinajstić information content (AvgIpc) is 2.03. The zero-order chi connectivity index (χ0) is 9.14. The maximum Gasteiger partial charge on any atom is 0.323 e. The van der Waals surface area contributed by atoms with Gasteiger partial charge in [-0.3, -0.25) is 10.1 Å². The Balaban J connectivity index is 3.29. The van der Waals surface area contributed by atoms with Crippen molar-refractivity contribution in [2.75, 3.05) is 12.0 Å². The van der Waals surface area contributed by atoms with Crippen LogP contribution in [0.3, 0.4) is 0 Å². The molecule has 1 aromatic heterocycles. The molecular formula is C6H7N3O2S. The van der Waals surface area contributed by atoms with Crippen LogP contribution in [0.15, 0.2) is 17.3 Å². The van der Waals surface area contributed by atoms with E-state index in [9.17, 15) is 10.1 Å². The molecule has 1 aromatic rings. The highest BCUT2D eigenvalue weighted by Gasteiger charge is 2.17. The molecule has 12 heavy (non-hydrogen) atoms. The number of nitrogens with zero attached hydrogens (tertiary/aromatic N) is 2. The molecule has 0 amide bonds. The Morgan fingerprint density at radius 1 is 1.75 bits per heavy atom. The lowest BCUT2D eigenvalue weighted by Crippen LogP contribution is -1.98. The van der Waals surface area contributed by atoms with Gasteiger partial charge in [0.2, 0.25) is 0 Å². The van der Waals surface area contributed by atoms with Crippen LogP contribution in [0, 0.1) is 10.1 Å². The van der Waals surface area contributed by atoms with E-state index in [4.69, 9.17) is 5.73 Å². The number of hydrogen-bond donors (Lipinski definition) is 1. The third kappa shape index (κ3) is 1.48. The quantitative estimate of drug-likeness (QED) is 0.426. The Labute approximate surface area is 73.1 Å². The minimum Gasteiger partial charge on any atom is -0.393 e. The lowest BCUT2D eigenvalue weighted by atomic mass is 10.4. The van der Waals surface area contributed by atoms with Crippen molar-refractivity contribution in [3.8, 4) is 0 Å². The van der Waals surface area contributed by atoms with Gasteiger partial charge in [0.15, 0.2) is 5.03 Å². The molecule has 64 valence electrons. The molecule has 6 heteroatoms. The summed E-state index contributed by atoms with van der Waals surface area (Å²) in [5.41, 5.74) is 5.45. The first-order valence-corrected chi connectivity index (χ1v) is 4.32. The van der Waals surface area contributed by atoms with Crippen LogP contribution in [0.25, 0.3) is 0 Å². The largest absolute Gasteiger partial charge is 0.393 e. The number of anilines is 1. The van der Waals surface area contributed by atoms with Crippen LogP contribution in [-0.2, 0) is 0 Å². The fourth-order valence-corrected chi connectivity index (χ4v) is 1.33. The van der Waals surface area contributed by atoms with Gasteiger partial charge in [-0.1, -0.05) is 0 Å². The van der Waals surface area contributed by atoms with E-state index in [1.54, 1.807) is 6.26 Å². The summed E-state index contributed by atoms with van der Waals surface area (Å²) in [5.74, 6) is 0. The highest BCUT2D eigenvalue weighted by atomic mass is 32.2. The van der Waals surface area contributed by atoms with E-state index in [2.05, 4.69) is 4.98 Å². The second-order valence-corrected chi connectivity index (χ2v) is 2.81. The van der Waals surface area contributed by atoms with E-state index in [0.29, 0.717) is 5.03 Å². The Morgan fingerprint density at radius 3 is 2.83 bits per heavy atom. The summed E-state index contributed by atoms with van der Waals surface area (Å²) in [6.45, 7) is 0. The number of rotatable bonds is 2. The van der Waals surface area contributed by atoms with Crippen LogP contribution in [0.1, 0.15) is 0 Å². The zero-order valence-electron chi connectivity index (χ0n) is 6.35. The van der Waals surface area contributed by atoms with Crippen LogP contribution in [0.4, 0.5) is 11.4 Å². The lowest BCUT2D eigenvalue weighted by Gasteiger charge is -1.99. The SMILES string of the molecule is CSc1nccc(N)c1[N+](=O)[O-]. The van der Waals surface area contributed by atoms with Gasteiger partial charge < -0.3 is 5.73 Å². The van der Waals surface area contributed by atoms with Gasteiger partial charge in [-0.15, -0.1) is 11.8 Å². The summed E-state index contributed by atoms with van der Waals surface area (Å²) in [5, 5.41) is 10.8. The monoisotopic (exact) mass is 185 g/mol. The molecule has 0 saturated heterocycles. The zero-order valence-corrected chi connectivity index (χ0v) is 7.17. The number of nitro groups is 1. The van der Waals surface area contributed by atoms with Crippen LogP contribution >= 0.6 is 11.8 Å². The second kappa shape index (κ2) is 3.40. The number of aromatic nitrogens is 1. The molecule has 0 aliphatic rings. The lowest BCUT2D eigenvalue weighted by molar-refractivity contribution is -0.387. The first kappa shape index (κ1) is 8.79. The molecule has 1 rings (SSSR count). The highest BCUT2D eigenvalue weighted by Crippen LogP contribution is 2.29. The van der Waals surface area contributed by atoms with Crippen molar-refractivity contribution in [1.82, 2.24) is 4.98 Å². The minimum absolute atomic E-state index is 0.106. The molecule has 1 heterocycles. The van der Waals surface area contributed by atoms with Gasteiger partial charge in [0.05, 0.1) is 4.92 Å². The molecule has 0 spiro atoms. The summed E-state index contributed by atoms with van der Waals surface area (Å²) < 4.78 is 0. The maximum absolute atomic E-state index is 10.5. The molecule has 0 unspecified atom stereocenters. The van der Waals surface area contributed by atoms with Crippen molar-refractivity contribution in [2.45, 2.75) is 5.03 Å². The fraction of sp³-hybridized carbons (Fsp3) is 0.167. The summed E-state index contributed by atoms with van der Waals surface area (Å²) >= 11 is 1.21. The molecule has 5 nitrogen and oxygen atoms in total. The Bertz CT molecular complexity index is 316. The number of hydrogen-bond acceptors (Lipinski definition) is 5. The van der Waals surface area contributed by atoms with Gasteiger partial charge >= 0.3 is 5.69 Å². The smallest absolute Gasteiger partial charge is 0.323 e. The predicted molar refractivity (Wildman–Crippen MR) is 47.1 cm³/mol. The third-order valence-corrected chi connectivity index (χ3v) is 1.98. The molecule has 0 fully saturated rings. The fourth-order valence-electron chi connectivity index (χ4n) is 0.782. The van der Waals surface area contributed by atoms with Crippen molar-refractivity contribution in [2.24, 2.45) is 0 Å². The summed E-state index contributed by atoms with van der Waals surface area (Å²) in [7, 11) is 0. The van der Waals surface area contributed by atoms with Gasteiger partial charge in [-0.2, -0.15) is 0 Å². The molecular weight excluding hydrogens is 178 g/mol. The van der Waals surface area contributed by atoms with E-state index in [1.807, 2.05) is 0 Å². The van der Waals surface area contributed by atoms with Crippen LogP contribution in [0.2, 0.25) is 0 Å². The van der Waals surface area contributed by atoms with Gasteiger partial charge in [-0.05, 0) is 12.3 Å². The Hall–Kier alpha value is -1.30. The topological polar surface area (TPSA) is 82.0 Å². The number of pyridine rings is 1. The predicted octanol–water partition coefficient (Wildman–Crippen LogP) is 1.29. The summed E-state index contributed by atoms with van der Waals surface area (Å²) in [4.78, 5) is 13.8. The standard InChI is InChI=1S/C6H7N3O2S/c1-12-6-5(9(10)11)4(7)2-3-8-6/h2-3H,1H3,(H2,7,8). The van der Waals surface area contributed by atoms with Gasteiger partial charge in [0.25, 0.3) is 0 Å². The maximum atomic E-state index is 10.5. The second-order valence-electron chi connectivity index (χ2n) is 2.02. The molecule has 0 saturated carbocycles. The Kier molecular flexibility index (Phi) is 2.49. The number of nitrogen functional groups attached to an aromatic ring is 1. The van der Waals surface area contributed by atoms with Crippen LogP contribution in [0.5, 0.6) is 0 Å². The Morgan fingerprint density at radius 2 is 2.42 bits per heavy atom. The van der Waals surface area contributed by atoms with Crippen LogP contribution < -0.4 is 5.73 Å². The summed E-state index contributed by atoms with van der Waals surface area (Å²) in [6, 6.07) is 1.41. The van der Waals surface area contributed by atoms with E-state index < -0.39 is 4.92 Å². The first-order chi connectivity index (χ1) is 5.66. The molecule has 0 atom stereocenters. The number of nitrogens with two attached hydrogens (primary N) is 1. The van der Waals surface area contributed by atoms with Crippen LogP contribution in [-0.4, -0.2) is 16.2 Å². The first-order valence-electron chi connectivity index (χ1n) is 3.09. The van der Waals surface area contributed by atoms with Crippen molar-refractivity contribution in [3.63, 3.8) is 0 Å². The minimum atomic E-state index is -0.520. The molecule has 0 radical (unpaired) electrons. The van der Waals surface area contributed by atoms with E-state index in [1.165, 1.54) is 24.0 Å². The van der Waals surface area contributed by atoms with Gasteiger partial charge in [0.1, 0.15) is 5.69 Å². The molecule has 0 aliphatic carbocycles. The average molecular weight is 185 g/mol. The highest BCUT2D eigenvalue weighted by molar-refractivity contribution is 7.98. The molecule has 2 N–H and O–H groups in total. The van der Waals surface area contributed by atoms with Crippen molar-refractivity contribution >= 4 is 23.1 Å². The van der Waals surface area contributed by atoms with Gasteiger partial charge in [-0.25, -0.2) is 4.98 Å². The van der Waals surface area contributed by atoms with Crippen molar-refractivity contribution in [3.05, 3.63) is 22.4 Å². The number of thioether (sulfide) groups is 1. The van der Waals surface area contributed by atoms with E-state index in [0.717, 1.165) is 0 Å². The van der Waals surface area contributed by atoms with E-state index >= 15 is 0 Å². The molecule has 0 aromatic carbocycles. The summed E-state index contributed by atoms with van der Waals surface area (Å²) in [6.07, 6.45) is 3.17. The van der Waals surface area contributed by atoms with Gasteiger partial charge in [0, 0.05) is 6.20 Å². The third-order valence-electron chi connectivity index (χ3n) is 1.30. The normalized spacial score (nSPS) is 9.75. The van der Waals surface area contributed by atoms with Crippen molar-refractivity contribution < 1.29 is 4.92 Å². The molecule has 0 aliphatic heterocycles.